The Morgan fingerprint density at radius 2 is 2.15 bits per heavy atom. The molecule has 0 radical (unpaired) electrons. The number of amides is 1. The maximum absolute atomic E-state index is 12.5. The van der Waals surface area contributed by atoms with Crippen molar-refractivity contribution in [1.82, 2.24) is 30.7 Å². The van der Waals surface area contributed by atoms with Crippen LogP contribution in [0.5, 0.6) is 0 Å². The summed E-state index contributed by atoms with van der Waals surface area (Å²) in [5.41, 5.74) is 3.62. The minimum atomic E-state index is -0.0654. The molecule has 1 saturated heterocycles. The summed E-state index contributed by atoms with van der Waals surface area (Å²) in [6.07, 6.45) is 3.04. The van der Waals surface area contributed by atoms with Crippen LogP contribution in [-0.4, -0.2) is 52.2 Å². The summed E-state index contributed by atoms with van der Waals surface area (Å²) < 4.78 is 5.68. The summed E-state index contributed by atoms with van der Waals surface area (Å²) in [4.78, 5) is 19.3. The number of hydrogen-bond acceptors (Lipinski definition) is 6. The van der Waals surface area contributed by atoms with E-state index < -0.39 is 0 Å². The molecule has 8 heteroatoms. The van der Waals surface area contributed by atoms with Crippen LogP contribution in [0.4, 0.5) is 0 Å². The number of piperidine rings is 1. The lowest BCUT2D eigenvalue weighted by atomic mass is 9.96. The van der Waals surface area contributed by atoms with Gasteiger partial charge in [-0.25, -0.2) is 4.98 Å². The van der Waals surface area contributed by atoms with Gasteiger partial charge in [0.2, 0.25) is 5.89 Å². The number of nitrogens with zero attached hydrogens (tertiary/aromatic N) is 3. The van der Waals surface area contributed by atoms with Crippen molar-refractivity contribution in [3.8, 4) is 0 Å². The van der Waals surface area contributed by atoms with Crippen LogP contribution in [0.1, 0.15) is 51.9 Å². The number of aromatic nitrogens is 3. The smallest absolute Gasteiger partial charge is 0.272 e. The Hall–Kier alpha value is -2.19. The molecule has 2 aliphatic heterocycles. The number of carbonyl (C=O) groups excluding carboxylic acids is 1. The van der Waals surface area contributed by atoms with E-state index in [0.717, 1.165) is 74.0 Å². The number of aryl methyl sites for hydroxylation is 2. The highest BCUT2D eigenvalue weighted by Crippen LogP contribution is 2.20. The molecule has 4 heterocycles. The van der Waals surface area contributed by atoms with Gasteiger partial charge in [0.15, 0.2) is 5.69 Å². The van der Waals surface area contributed by atoms with Gasteiger partial charge in [0.1, 0.15) is 5.76 Å². The molecule has 0 unspecified atom stereocenters. The quantitative estimate of drug-likeness (QED) is 0.732. The van der Waals surface area contributed by atoms with Crippen molar-refractivity contribution < 1.29 is 9.21 Å². The summed E-state index contributed by atoms with van der Waals surface area (Å²) in [6, 6.07) is 0. The van der Waals surface area contributed by atoms with E-state index in [-0.39, 0.29) is 5.91 Å². The first kappa shape index (κ1) is 18.2. The lowest BCUT2D eigenvalue weighted by molar-refractivity contribution is 0.0927. The van der Waals surface area contributed by atoms with Gasteiger partial charge in [0.25, 0.3) is 5.91 Å². The highest BCUT2D eigenvalue weighted by Gasteiger charge is 2.24. The fourth-order valence-electron chi connectivity index (χ4n) is 3.88. The number of carbonyl (C=O) groups is 1. The fraction of sp³-hybridized carbons (Fsp3) is 0.632. The molecule has 27 heavy (non-hydrogen) atoms. The second-order valence-electron chi connectivity index (χ2n) is 7.63. The van der Waals surface area contributed by atoms with Crippen molar-refractivity contribution in [2.45, 2.75) is 46.2 Å². The first-order valence-electron chi connectivity index (χ1n) is 9.80. The maximum atomic E-state index is 12.5. The van der Waals surface area contributed by atoms with E-state index in [1.54, 1.807) is 0 Å². The lowest BCUT2D eigenvalue weighted by Crippen LogP contribution is -2.38. The number of H-pyrrole nitrogens is 1. The number of fused-ring (bicyclic) bond motifs is 1. The van der Waals surface area contributed by atoms with Crippen LogP contribution in [0.25, 0.3) is 0 Å². The van der Waals surface area contributed by atoms with Crippen molar-refractivity contribution >= 4 is 5.91 Å². The zero-order valence-corrected chi connectivity index (χ0v) is 16.1. The summed E-state index contributed by atoms with van der Waals surface area (Å²) in [6.45, 7) is 9.05. The molecule has 0 bridgehead atoms. The molecule has 146 valence electrons. The fourth-order valence-corrected chi connectivity index (χ4v) is 3.88. The van der Waals surface area contributed by atoms with E-state index in [4.69, 9.17) is 4.42 Å². The molecule has 8 nitrogen and oxygen atoms in total. The maximum Gasteiger partial charge on any atom is 0.272 e. The van der Waals surface area contributed by atoms with Crippen LogP contribution in [0, 0.1) is 19.8 Å². The van der Waals surface area contributed by atoms with E-state index in [1.807, 2.05) is 13.8 Å². The molecule has 4 rings (SSSR count). The number of likely N-dealkylation sites (tertiary alicyclic amines) is 1. The van der Waals surface area contributed by atoms with Crippen LogP contribution >= 0.6 is 0 Å². The van der Waals surface area contributed by atoms with Gasteiger partial charge < -0.3 is 15.1 Å². The number of hydrogen-bond donors (Lipinski definition) is 3. The van der Waals surface area contributed by atoms with Crippen LogP contribution in [0.15, 0.2) is 4.42 Å². The third-order valence-electron chi connectivity index (χ3n) is 5.71. The van der Waals surface area contributed by atoms with E-state index in [9.17, 15) is 4.79 Å². The predicted octanol–water partition coefficient (Wildman–Crippen LogP) is 1.30. The molecule has 1 fully saturated rings. The van der Waals surface area contributed by atoms with Gasteiger partial charge in [0.05, 0.1) is 12.2 Å². The second-order valence-corrected chi connectivity index (χ2v) is 7.63. The normalized spacial score (nSPS) is 18.4. The van der Waals surface area contributed by atoms with Gasteiger partial charge in [-0.05, 0) is 45.7 Å². The Labute approximate surface area is 159 Å². The molecular weight excluding hydrogens is 344 g/mol. The molecule has 0 saturated carbocycles. The number of rotatable bonds is 5. The Morgan fingerprint density at radius 3 is 2.89 bits per heavy atom. The number of oxazole rings is 1. The topological polar surface area (TPSA) is 99.1 Å². The summed E-state index contributed by atoms with van der Waals surface area (Å²) >= 11 is 0. The van der Waals surface area contributed by atoms with Crippen molar-refractivity contribution in [3.05, 3.63) is 34.3 Å². The Balaban J connectivity index is 1.23. The van der Waals surface area contributed by atoms with Crippen LogP contribution in [0.2, 0.25) is 0 Å². The van der Waals surface area contributed by atoms with Crippen LogP contribution < -0.4 is 10.6 Å². The molecule has 0 aromatic carbocycles. The monoisotopic (exact) mass is 372 g/mol. The van der Waals surface area contributed by atoms with Gasteiger partial charge in [-0.1, -0.05) is 0 Å². The van der Waals surface area contributed by atoms with Crippen molar-refractivity contribution in [3.63, 3.8) is 0 Å². The third kappa shape index (κ3) is 4.06. The third-order valence-corrected chi connectivity index (χ3v) is 5.71. The molecule has 2 aromatic rings. The zero-order valence-electron chi connectivity index (χ0n) is 16.1. The molecule has 0 aliphatic carbocycles. The van der Waals surface area contributed by atoms with Crippen LogP contribution in [0.3, 0.4) is 0 Å². The lowest BCUT2D eigenvalue weighted by Gasteiger charge is -2.31. The minimum Gasteiger partial charge on any atom is -0.444 e. The Morgan fingerprint density at radius 1 is 1.33 bits per heavy atom. The highest BCUT2D eigenvalue weighted by molar-refractivity contribution is 5.94. The van der Waals surface area contributed by atoms with Gasteiger partial charge in [-0.3, -0.25) is 14.8 Å². The minimum absolute atomic E-state index is 0.0654. The summed E-state index contributed by atoms with van der Waals surface area (Å²) in [5.74, 6) is 2.14. The summed E-state index contributed by atoms with van der Waals surface area (Å²) in [5, 5.41) is 13.6. The van der Waals surface area contributed by atoms with Gasteiger partial charge in [-0.15, -0.1) is 0 Å². The summed E-state index contributed by atoms with van der Waals surface area (Å²) in [7, 11) is 0. The van der Waals surface area contributed by atoms with E-state index in [0.29, 0.717) is 24.7 Å². The number of aromatic amines is 1. The van der Waals surface area contributed by atoms with Crippen molar-refractivity contribution in [1.29, 1.82) is 0 Å². The van der Waals surface area contributed by atoms with E-state index in [1.165, 1.54) is 0 Å². The highest BCUT2D eigenvalue weighted by atomic mass is 16.4. The van der Waals surface area contributed by atoms with E-state index in [2.05, 4.69) is 30.7 Å². The largest absolute Gasteiger partial charge is 0.444 e. The zero-order chi connectivity index (χ0) is 18.8. The molecule has 2 aromatic heterocycles. The van der Waals surface area contributed by atoms with Crippen LogP contribution in [-0.2, 0) is 19.5 Å². The molecule has 3 N–H and O–H groups in total. The molecule has 0 atom stereocenters. The second kappa shape index (κ2) is 7.82. The van der Waals surface area contributed by atoms with Gasteiger partial charge in [-0.2, -0.15) is 5.10 Å². The Bertz CT molecular complexity index is 784. The number of nitrogens with one attached hydrogen (secondary N) is 3. The van der Waals surface area contributed by atoms with Crippen molar-refractivity contribution in [2.24, 2.45) is 5.92 Å². The SMILES string of the molecule is Cc1nc(CN2CCC(CNC(=O)c3n[nH]c4c3CNCC4)CC2)oc1C. The first-order valence-corrected chi connectivity index (χ1v) is 9.80. The average molecular weight is 372 g/mol. The van der Waals surface area contributed by atoms with Crippen molar-refractivity contribution in [2.75, 3.05) is 26.2 Å². The van der Waals surface area contributed by atoms with E-state index >= 15 is 0 Å². The molecule has 2 aliphatic rings. The Kier molecular flexibility index (Phi) is 5.27. The predicted molar refractivity (Wildman–Crippen MR) is 100 cm³/mol. The standard InChI is InChI=1S/C19H28N6O2/c1-12-13(2)27-17(22-12)11-25-7-4-14(5-8-25)9-21-19(26)18-15-10-20-6-3-16(15)23-24-18/h14,20H,3-11H2,1-2H3,(H,21,26)(H,23,24). The molecular formula is C19H28N6O2. The average Bonchev–Trinajstić information content (AvgIpc) is 3.24. The van der Waals surface area contributed by atoms with Gasteiger partial charge in [0, 0.05) is 37.3 Å². The first-order chi connectivity index (χ1) is 13.1. The molecule has 0 spiro atoms. The van der Waals surface area contributed by atoms with Gasteiger partial charge >= 0.3 is 0 Å². The molecule has 1 amide bonds.